The molecule has 3 aromatic rings. The number of nitrogens with zero attached hydrogens (tertiary/aromatic N) is 3. The third-order valence-electron chi connectivity index (χ3n) is 7.59. The molecule has 1 amide bonds. The Balaban J connectivity index is 1.45. The number of fused-ring (bicyclic) bond motifs is 6. The average Bonchev–Trinajstić information content (AvgIpc) is 3.54. The van der Waals surface area contributed by atoms with E-state index in [2.05, 4.69) is 5.32 Å². The van der Waals surface area contributed by atoms with Gasteiger partial charge in [0.2, 0.25) is 12.7 Å². The average molecular weight is 551 g/mol. The smallest absolute Gasteiger partial charge is 0.340 e. The fraction of sp³-hybridized carbons (Fsp3) is 0.429. The van der Waals surface area contributed by atoms with Gasteiger partial charge >= 0.3 is 5.97 Å². The van der Waals surface area contributed by atoms with Crippen LogP contribution in [0.4, 0.5) is 0 Å². The molecule has 1 aromatic carbocycles. The van der Waals surface area contributed by atoms with E-state index in [1.807, 2.05) is 26.0 Å². The molecule has 0 radical (unpaired) electrons. The van der Waals surface area contributed by atoms with Crippen LogP contribution in [-0.2, 0) is 38.6 Å². The Labute approximate surface area is 229 Å². The molecule has 2 N–H and O–H groups in total. The number of cyclic esters (lactones) is 1. The SMILES string of the molecule is CNCOCC(=O)N(CCc1c2c(nc3cc4c(cc13)OCO4)-c1cc3c(c(=O)n1C2)COC(=O)C3O)C(C)C. The van der Waals surface area contributed by atoms with E-state index in [0.717, 1.165) is 16.5 Å². The predicted octanol–water partition coefficient (Wildman–Crippen LogP) is 1.22. The molecule has 0 aliphatic carbocycles. The normalized spacial score (nSPS) is 16.6. The third kappa shape index (κ3) is 4.28. The van der Waals surface area contributed by atoms with Gasteiger partial charge < -0.3 is 33.5 Å². The largest absolute Gasteiger partial charge is 0.458 e. The van der Waals surface area contributed by atoms with Gasteiger partial charge in [-0.05, 0) is 45.0 Å². The molecule has 0 saturated heterocycles. The van der Waals surface area contributed by atoms with Crippen molar-refractivity contribution in [1.82, 2.24) is 19.8 Å². The summed E-state index contributed by atoms with van der Waals surface area (Å²) in [7, 11) is 1.75. The molecule has 0 saturated carbocycles. The Kier molecular flexibility index (Phi) is 6.69. The molecule has 40 heavy (non-hydrogen) atoms. The van der Waals surface area contributed by atoms with E-state index < -0.39 is 12.1 Å². The van der Waals surface area contributed by atoms with Crippen LogP contribution in [0.5, 0.6) is 11.5 Å². The Morgan fingerprint density at radius 2 is 1.98 bits per heavy atom. The summed E-state index contributed by atoms with van der Waals surface area (Å²) in [5.74, 6) is 0.274. The second kappa shape index (κ2) is 10.2. The highest BCUT2D eigenvalue weighted by atomic mass is 16.7. The number of amides is 1. The van der Waals surface area contributed by atoms with Gasteiger partial charge in [0.15, 0.2) is 17.6 Å². The number of ether oxygens (including phenoxy) is 4. The highest BCUT2D eigenvalue weighted by molar-refractivity contribution is 5.91. The molecule has 6 rings (SSSR count). The van der Waals surface area contributed by atoms with Crippen molar-refractivity contribution in [3.63, 3.8) is 0 Å². The fourth-order valence-electron chi connectivity index (χ4n) is 5.61. The Hall–Kier alpha value is -4.00. The van der Waals surface area contributed by atoms with Crippen molar-refractivity contribution in [2.24, 2.45) is 0 Å². The molecular weight excluding hydrogens is 520 g/mol. The first-order valence-electron chi connectivity index (χ1n) is 13.2. The number of rotatable bonds is 8. The van der Waals surface area contributed by atoms with Gasteiger partial charge in [0.25, 0.3) is 5.56 Å². The molecular formula is C28H30N4O8. The van der Waals surface area contributed by atoms with Crippen LogP contribution in [0.2, 0.25) is 0 Å². The number of aromatic nitrogens is 2. The van der Waals surface area contributed by atoms with Crippen LogP contribution in [-0.4, -0.2) is 71.2 Å². The molecule has 1 unspecified atom stereocenters. The van der Waals surface area contributed by atoms with Crippen LogP contribution in [0.1, 0.15) is 42.2 Å². The topological polar surface area (TPSA) is 141 Å². The van der Waals surface area contributed by atoms with Crippen molar-refractivity contribution in [1.29, 1.82) is 0 Å². The third-order valence-corrected chi connectivity index (χ3v) is 7.59. The van der Waals surface area contributed by atoms with Crippen molar-refractivity contribution >= 4 is 22.8 Å². The summed E-state index contributed by atoms with van der Waals surface area (Å²) >= 11 is 0. The van der Waals surface area contributed by atoms with E-state index >= 15 is 0 Å². The van der Waals surface area contributed by atoms with Gasteiger partial charge in [-0.3, -0.25) is 14.9 Å². The zero-order chi connectivity index (χ0) is 28.1. The maximum atomic E-state index is 13.5. The number of carbonyl (C=O) groups is 2. The molecule has 0 fully saturated rings. The number of benzene rings is 1. The molecule has 12 heteroatoms. The summed E-state index contributed by atoms with van der Waals surface area (Å²) in [5.41, 5.74) is 3.70. The number of hydrogen-bond donors (Lipinski definition) is 2. The summed E-state index contributed by atoms with van der Waals surface area (Å²) in [5, 5.41) is 14.2. The predicted molar refractivity (Wildman–Crippen MR) is 142 cm³/mol. The molecule has 3 aliphatic rings. The first kappa shape index (κ1) is 26.2. The molecule has 0 spiro atoms. The minimum absolute atomic E-state index is 0.0393. The number of aliphatic hydroxyl groups excluding tert-OH is 1. The van der Waals surface area contributed by atoms with Gasteiger partial charge in [0.05, 0.1) is 35.7 Å². The molecule has 3 aliphatic heterocycles. The fourth-order valence-corrected chi connectivity index (χ4v) is 5.61. The first-order chi connectivity index (χ1) is 19.3. The van der Waals surface area contributed by atoms with Gasteiger partial charge in [-0.25, -0.2) is 9.78 Å². The lowest BCUT2D eigenvalue weighted by atomic mass is 9.96. The quantitative estimate of drug-likeness (QED) is 0.187. The highest BCUT2D eigenvalue weighted by Crippen LogP contribution is 2.42. The number of carbonyl (C=O) groups excluding carboxylic acids is 2. The van der Waals surface area contributed by atoms with Gasteiger partial charge in [0.1, 0.15) is 13.2 Å². The van der Waals surface area contributed by atoms with Crippen LogP contribution in [0.15, 0.2) is 23.0 Å². The summed E-state index contributed by atoms with van der Waals surface area (Å²) in [6.45, 7) is 4.75. The molecule has 2 aromatic heterocycles. The van der Waals surface area contributed by atoms with Gasteiger partial charge in [0, 0.05) is 35.2 Å². The highest BCUT2D eigenvalue weighted by Gasteiger charge is 2.35. The lowest BCUT2D eigenvalue weighted by molar-refractivity contribution is -0.157. The number of aliphatic hydroxyl groups is 1. The van der Waals surface area contributed by atoms with E-state index in [9.17, 15) is 19.5 Å². The molecule has 1 atom stereocenters. The monoisotopic (exact) mass is 550 g/mol. The lowest BCUT2D eigenvalue weighted by Gasteiger charge is -2.27. The van der Waals surface area contributed by atoms with Crippen molar-refractivity contribution < 1.29 is 33.6 Å². The Morgan fingerprint density at radius 1 is 1.20 bits per heavy atom. The van der Waals surface area contributed by atoms with Gasteiger partial charge in [-0.1, -0.05) is 0 Å². The first-order valence-corrected chi connectivity index (χ1v) is 13.2. The second-order valence-electron chi connectivity index (χ2n) is 10.3. The van der Waals surface area contributed by atoms with Gasteiger partial charge in [-0.2, -0.15) is 0 Å². The minimum Gasteiger partial charge on any atom is -0.458 e. The number of nitrogens with one attached hydrogen (secondary N) is 1. The maximum absolute atomic E-state index is 13.5. The van der Waals surface area contributed by atoms with Crippen LogP contribution in [0, 0.1) is 0 Å². The number of esters is 1. The molecule has 0 bridgehead atoms. The van der Waals surface area contributed by atoms with Crippen LogP contribution >= 0.6 is 0 Å². The van der Waals surface area contributed by atoms with Crippen molar-refractivity contribution in [2.75, 3.05) is 33.7 Å². The van der Waals surface area contributed by atoms with E-state index in [1.54, 1.807) is 22.6 Å². The summed E-state index contributed by atoms with van der Waals surface area (Å²) < 4.78 is 23.3. The molecule has 5 heterocycles. The number of pyridine rings is 2. The Morgan fingerprint density at radius 3 is 2.73 bits per heavy atom. The van der Waals surface area contributed by atoms with E-state index in [4.69, 9.17) is 23.9 Å². The van der Waals surface area contributed by atoms with Crippen LogP contribution < -0.4 is 20.3 Å². The van der Waals surface area contributed by atoms with E-state index in [-0.39, 0.29) is 61.9 Å². The van der Waals surface area contributed by atoms with E-state index in [1.165, 1.54) is 0 Å². The summed E-state index contributed by atoms with van der Waals surface area (Å²) in [4.78, 5) is 45.2. The number of hydrogen-bond acceptors (Lipinski definition) is 10. The van der Waals surface area contributed by atoms with Crippen LogP contribution in [0.25, 0.3) is 22.3 Å². The van der Waals surface area contributed by atoms with Gasteiger partial charge in [-0.15, -0.1) is 0 Å². The Bertz CT molecular complexity index is 1600. The zero-order valence-corrected chi connectivity index (χ0v) is 22.5. The molecule has 12 nitrogen and oxygen atoms in total. The second-order valence-corrected chi connectivity index (χ2v) is 10.3. The zero-order valence-electron chi connectivity index (χ0n) is 22.5. The van der Waals surface area contributed by atoms with Crippen LogP contribution in [0.3, 0.4) is 0 Å². The van der Waals surface area contributed by atoms with Crippen molar-refractivity contribution in [2.45, 2.75) is 45.6 Å². The van der Waals surface area contributed by atoms with E-state index in [0.29, 0.717) is 41.4 Å². The minimum atomic E-state index is -1.53. The van der Waals surface area contributed by atoms with Crippen molar-refractivity contribution in [3.8, 4) is 22.9 Å². The van der Waals surface area contributed by atoms with Crippen molar-refractivity contribution in [3.05, 3.63) is 50.8 Å². The summed E-state index contributed by atoms with van der Waals surface area (Å²) in [6.07, 6.45) is -1.04. The molecule has 210 valence electrons. The standard InChI is InChI=1S/C28H30N4O8/c1-14(2)31(24(33)11-37-12-29-3)5-4-15-16-7-22-23(40-13-39-22)8-20(16)30-25-18(15)9-32-21(25)6-17-19(27(32)35)10-38-28(36)26(17)34/h6-8,14,26,29,34H,4-5,9-13H2,1-3H3. The lowest BCUT2D eigenvalue weighted by Crippen LogP contribution is -2.41. The summed E-state index contributed by atoms with van der Waals surface area (Å²) in [6, 6.07) is 5.31. The maximum Gasteiger partial charge on any atom is 0.340 e.